The Balaban J connectivity index is 1.46. The summed E-state index contributed by atoms with van der Waals surface area (Å²) in [5.41, 5.74) is 2.85. The molecule has 0 heterocycles. The lowest BCUT2D eigenvalue weighted by atomic mass is 10.2. The molecule has 162 valence electrons. The summed E-state index contributed by atoms with van der Waals surface area (Å²) >= 11 is 3.15. The number of nitrogens with one attached hydrogen (secondary N) is 2. The minimum atomic E-state index is 0.0132. The fraction of sp³-hybridized carbons (Fsp3) is 0.208. The topological polar surface area (TPSA) is 59.6 Å². The lowest BCUT2D eigenvalue weighted by Crippen LogP contribution is -2.12. The predicted molar refractivity (Wildman–Crippen MR) is 131 cm³/mol. The van der Waals surface area contributed by atoms with Crippen LogP contribution in [-0.2, 0) is 4.79 Å². The molecule has 0 unspecified atom stereocenters. The fourth-order valence-corrected chi connectivity index (χ4v) is 4.24. The molecule has 3 rings (SSSR count). The molecule has 1 amide bonds. The lowest BCUT2D eigenvalue weighted by Gasteiger charge is -2.12. The van der Waals surface area contributed by atoms with Gasteiger partial charge in [-0.2, -0.15) is 0 Å². The lowest BCUT2D eigenvalue weighted by molar-refractivity contribution is -0.115. The summed E-state index contributed by atoms with van der Waals surface area (Å²) < 4.78 is 13.9. The quantitative estimate of drug-likeness (QED) is 0.279. The van der Waals surface area contributed by atoms with Gasteiger partial charge in [0.15, 0.2) is 0 Å². The number of carbonyl (C=O) groups excluding carboxylic acids is 1. The van der Waals surface area contributed by atoms with E-state index < -0.39 is 0 Å². The third kappa shape index (κ3) is 7.15. The van der Waals surface area contributed by atoms with Crippen molar-refractivity contribution in [2.24, 2.45) is 0 Å². The highest BCUT2D eigenvalue weighted by Gasteiger charge is 2.07. The van der Waals surface area contributed by atoms with Gasteiger partial charge in [-0.1, -0.05) is 17.7 Å². The van der Waals surface area contributed by atoms with Crippen molar-refractivity contribution in [3.05, 3.63) is 72.3 Å². The van der Waals surface area contributed by atoms with Crippen LogP contribution in [0.3, 0.4) is 0 Å². The molecule has 0 aliphatic rings. The van der Waals surface area contributed by atoms with E-state index in [0.717, 1.165) is 33.5 Å². The molecule has 2 N–H and O–H groups in total. The SMILES string of the molecule is COc1ccc(OC)c(NSc2ccc(NC(=O)CCSc3ccc(C)cc3)cc2)c1. The molecule has 7 heteroatoms. The highest BCUT2D eigenvalue weighted by atomic mass is 32.2. The summed E-state index contributed by atoms with van der Waals surface area (Å²) in [6.45, 7) is 2.07. The van der Waals surface area contributed by atoms with Gasteiger partial charge in [0, 0.05) is 33.7 Å². The molecule has 0 fully saturated rings. The number of hydrogen-bond donors (Lipinski definition) is 2. The number of thioether (sulfide) groups is 1. The van der Waals surface area contributed by atoms with E-state index >= 15 is 0 Å². The van der Waals surface area contributed by atoms with E-state index in [-0.39, 0.29) is 5.91 Å². The summed E-state index contributed by atoms with van der Waals surface area (Å²) in [5, 5.41) is 2.95. The van der Waals surface area contributed by atoms with Crippen LogP contribution < -0.4 is 19.5 Å². The molecule has 31 heavy (non-hydrogen) atoms. The molecule has 0 bridgehead atoms. The smallest absolute Gasteiger partial charge is 0.225 e. The van der Waals surface area contributed by atoms with Crippen LogP contribution in [0.2, 0.25) is 0 Å². The molecular weight excluding hydrogens is 428 g/mol. The van der Waals surface area contributed by atoms with Gasteiger partial charge in [0.2, 0.25) is 5.91 Å². The molecule has 3 aromatic rings. The Morgan fingerprint density at radius 1 is 0.903 bits per heavy atom. The zero-order valence-electron chi connectivity index (χ0n) is 17.8. The summed E-state index contributed by atoms with van der Waals surface area (Å²) in [5.74, 6) is 2.25. The van der Waals surface area contributed by atoms with E-state index in [2.05, 4.69) is 41.2 Å². The van der Waals surface area contributed by atoms with Gasteiger partial charge in [-0.15, -0.1) is 11.8 Å². The van der Waals surface area contributed by atoms with Crippen molar-refractivity contribution in [2.45, 2.75) is 23.1 Å². The van der Waals surface area contributed by atoms with Crippen LogP contribution in [0.5, 0.6) is 11.5 Å². The van der Waals surface area contributed by atoms with Gasteiger partial charge < -0.3 is 19.5 Å². The Morgan fingerprint density at radius 2 is 1.61 bits per heavy atom. The molecule has 0 saturated carbocycles. The predicted octanol–water partition coefficient (Wildman–Crippen LogP) is 6.25. The molecule has 0 radical (unpaired) electrons. The maximum absolute atomic E-state index is 12.2. The van der Waals surface area contributed by atoms with E-state index in [0.29, 0.717) is 6.42 Å². The highest BCUT2D eigenvalue weighted by Crippen LogP contribution is 2.33. The number of carbonyl (C=O) groups is 1. The van der Waals surface area contributed by atoms with Crippen LogP contribution in [0.1, 0.15) is 12.0 Å². The molecule has 0 atom stereocenters. The van der Waals surface area contributed by atoms with Gasteiger partial charge in [-0.3, -0.25) is 4.79 Å². The first-order valence-electron chi connectivity index (χ1n) is 9.81. The standard InChI is InChI=1S/C24H26N2O3S2/c1-17-4-9-20(10-5-17)30-15-14-24(27)25-18-6-11-21(12-7-18)31-26-22-16-19(28-2)8-13-23(22)29-3/h4-13,16,26H,14-15H2,1-3H3,(H,25,27). The number of amides is 1. The minimum absolute atomic E-state index is 0.0132. The molecular formula is C24H26N2O3S2. The minimum Gasteiger partial charge on any atom is -0.497 e. The maximum atomic E-state index is 12.2. The number of ether oxygens (including phenoxy) is 2. The van der Waals surface area contributed by atoms with Crippen LogP contribution >= 0.6 is 23.7 Å². The van der Waals surface area contributed by atoms with Gasteiger partial charge in [-0.05, 0) is 67.4 Å². The normalized spacial score (nSPS) is 10.4. The second-order valence-corrected chi connectivity index (χ2v) is 8.80. The number of hydrogen-bond acceptors (Lipinski definition) is 6. The maximum Gasteiger partial charge on any atom is 0.225 e. The van der Waals surface area contributed by atoms with Crippen molar-refractivity contribution in [2.75, 3.05) is 30.0 Å². The highest BCUT2D eigenvalue weighted by molar-refractivity contribution is 8.00. The van der Waals surface area contributed by atoms with E-state index in [9.17, 15) is 4.79 Å². The first-order chi connectivity index (χ1) is 15.1. The van der Waals surface area contributed by atoms with Crippen molar-refractivity contribution >= 4 is 41.0 Å². The van der Waals surface area contributed by atoms with Crippen LogP contribution in [0.15, 0.2) is 76.5 Å². The third-order valence-electron chi connectivity index (χ3n) is 4.44. The number of aryl methyl sites for hydroxylation is 1. The van der Waals surface area contributed by atoms with Crippen LogP contribution in [0.4, 0.5) is 11.4 Å². The summed E-state index contributed by atoms with van der Waals surface area (Å²) in [6.07, 6.45) is 0.465. The summed E-state index contributed by atoms with van der Waals surface area (Å²) in [7, 11) is 3.27. The van der Waals surface area contributed by atoms with Gasteiger partial charge in [0.25, 0.3) is 0 Å². The van der Waals surface area contributed by atoms with Crippen molar-refractivity contribution in [3.8, 4) is 11.5 Å². The number of benzene rings is 3. The van der Waals surface area contributed by atoms with E-state index in [1.165, 1.54) is 22.4 Å². The number of anilines is 2. The van der Waals surface area contributed by atoms with Gasteiger partial charge >= 0.3 is 0 Å². The Hall–Kier alpha value is -2.77. The Labute approximate surface area is 192 Å². The van der Waals surface area contributed by atoms with Crippen LogP contribution in [0, 0.1) is 6.92 Å². The second kappa shape index (κ2) is 11.6. The molecule has 0 aliphatic carbocycles. The Bertz CT molecular complexity index is 993. The number of methoxy groups -OCH3 is 2. The first-order valence-corrected chi connectivity index (χ1v) is 11.6. The van der Waals surface area contributed by atoms with E-state index in [1.807, 2.05) is 42.5 Å². The van der Waals surface area contributed by atoms with Crippen molar-refractivity contribution < 1.29 is 14.3 Å². The van der Waals surface area contributed by atoms with Gasteiger partial charge in [-0.25, -0.2) is 0 Å². The molecule has 5 nitrogen and oxygen atoms in total. The largest absolute Gasteiger partial charge is 0.497 e. The van der Waals surface area contributed by atoms with Gasteiger partial charge in [0.1, 0.15) is 11.5 Å². The van der Waals surface area contributed by atoms with Crippen molar-refractivity contribution in [3.63, 3.8) is 0 Å². The zero-order chi connectivity index (χ0) is 22.1. The van der Waals surface area contributed by atoms with Crippen molar-refractivity contribution in [1.82, 2.24) is 0 Å². The number of rotatable bonds is 10. The van der Waals surface area contributed by atoms with Crippen LogP contribution in [-0.4, -0.2) is 25.9 Å². The summed E-state index contributed by atoms with van der Waals surface area (Å²) in [6, 6.07) is 21.7. The summed E-state index contributed by atoms with van der Waals surface area (Å²) in [4.78, 5) is 14.4. The molecule has 0 spiro atoms. The first kappa shape index (κ1) is 22.9. The molecule has 0 aliphatic heterocycles. The van der Waals surface area contributed by atoms with Crippen molar-refractivity contribution in [1.29, 1.82) is 0 Å². The molecule has 3 aromatic carbocycles. The average Bonchev–Trinajstić information content (AvgIpc) is 2.79. The molecule has 0 saturated heterocycles. The average molecular weight is 455 g/mol. The fourth-order valence-electron chi connectivity index (χ4n) is 2.73. The van der Waals surface area contributed by atoms with E-state index in [4.69, 9.17) is 9.47 Å². The zero-order valence-corrected chi connectivity index (χ0v) is 19.4. The molecule has 0 aromatic heterocycles. The second-order valence-electron chi connectivity index (χ2n) is 6.75. The Morgan fingerprint density at radius 3 is 2.29 bits per heavy atom. The Kier molecular flexibility index (Phi) is 8.55. The third-order valence-corrected chi connectivity index (χ3v) is 6.29. The monoisotopic (exact) mass is 454 g/mol. The van der Waals surface area contributed by atoms with Crippen LogP contribution in [0.25, 0.3) is 0 Å². The van der Waals surface area contributed by atoms with E-state index in [1.54, 1.807) is 26.0 Å². The van der Waals surface area contributed by atoms with Gasteiger partial charge in [0.05, 0.1) is 19.9 Å².